The second-order valence-electron chi connectivity index (χ2n) is 29.4. The molecule has 0 aromatic rings. The summed E-state index contributed by atoms with van der Waals surface area (Å²) in [6.07, 6.45) is 60.1. The molecule has 0 aliphatic rings. The summed E-state index contributed by atoms with van der Waals surface area (Å²) >= 11 is 0. The van der Waals surface area contributed by atoms with Crippen LogP contribution in [0.2, 0.25) is 0 Å². The fourth-order valence-electron chi connectivity index (χ4n) is 12.2. The van der Waals surface area contributed by atoms with Crippen LogP contribution in [0.4, 0.5) is 0 Å². The molecule has 98 heavy (non-hydrogen) atoms. The smallest absolute Gasteiger partial charge is 0.462 e. The highest BCUT2D eigenvalue weighted by Gasteiger charge is 2.30. The van der Waals surface area contributed by atoms with Gasteiger partial charge in [0.25, 0.3) is 0 Å². The molecule has 0 amide bonds. The maximum absolute atomic E-state index is 13.1. The lowest BCUT2D eigenvalue weighted by Gasteiger charge is -2.21. The average molecular weight is 1440 g/mol. The van der Waals surface area contributed by atoms with E-state index in [2.05, 4.69) is 41.5 Å². The molecule has 0 aliphatic carbocycles. The summed E-state index contributed by atoms with van der Waals surface area (Å²) in [4.78, 5) is 72.8. The summed E-state index contributed by atoms with van der Waals surface area (Å²) in [6.45, 7) is 9.54. The minimum absolute atomic E-state index is 0.102. The van der Waals surface area contributed by atoms with Crippen LogP contribution in [0.15, 0.2) is 0 Å². The Kier molecular flexibility index (Phi) is 69.3. The molecule has 582 valence electrons. The molecule has 0 rings (SSSR count). The summed E-state index contributed by atoms with van der Waals surface area (Å²) in [6, 6.07) is 0. The van der Waals surface area contributed by atoms with Gasteiger partial charge in [0.15, 0.2) is 12.2 Å². The van der Waals surface area contributed by atoms with Gasteiger partial charge in [-0.25, -0.2) is 9.13 Å². The van der Waals surface area contributed by atoms with Crippen LogP contribution >= 0.6 is 15.6 Å². The van der Waals surface area contributed by atoms with Gasteiger partial charge in [0.05, 0.1) is 26.4 Å². The molecule has 0 radical (unpaired) electrons. The first-order valence-corrected chi connectivity index (χ1v) is 44.0. The first kappa shape index (κ1) is 96.1. The summed E-state index contributed by atoms with van der Waals surface area (Å²) in [7, 11) is -9.91. The van der Waals surface area contributed by atoms with Gasteiger partial charge >= 0.3 is 39.5 Å². The average Bonchev–Trinajstić information content (AvgIpc) is 0.944. The Labute approximate surface area is 600 Å². The van der Waals surface area contributed by atoms with Crippen molar-refractivity contribution in [3.05, 3.63) is 0 Å². The molecular weight excluding hydrogens is 1280 g/mol. The molecule has 0 bridgehead atoms. The Morgan fingerprint density at radius 3 is 0.694 bits per heavy atom. The van der Waals surface area contributed by atoms with Crippen molar-refractivity contribution in [2.75, 3.05) is 39.6 Å². The standard InChI is InChI=1S/C79H154O17P2/c1-7-9-11-13-15-17-18-19-20-21-22-26-29-32-35-39-43-50-56-62-77(82)90-67-74(95-78(83)63-57-51-44-40-36-33-30-27-24-23-25-28-31-34-38-41-47-53-59-71(3)4)69-93-97(85,86)91-65-73(80)66-92-98(87,88)94-70-75(96-79(84)64-58-52-46-45-48-54-60-72(5)6)68-89-76(81)61-55-49-42-37-16-14-12-10-8-2/h71-75,80H,7-70H2,1-6H3,(H,85,86)(H,87,88)/t73-,74-,75-/m1/s1. The number of phosphoric acid groups is 2. The Hall–Kier alpha value is -1.94. The molecule has 5 atom stereocenters. The lowest BCUT2D eigenvalue weighted by atomic mass is 10.0. The van der Waals surface area contributed by atoms with Crippen LogP contribution in [0.25, 0.3) is 0 Å². The molecule has 19 heteroatoms. The largest absolute Gasteiger partial charge is 0.472 e. The number of aliphatic hydroxyl groups excluding tert-OH is 1. The van der Waals surface area contributed by atoms with E-state index < -0.39 is 97.5 Å². The molecule has 0 aromatic heterocycles. The normalized spacial score (nSPS) is 13.9. The highest BCUT2D eigenvalue weighted by molar-refractivity contribution is 7.47. The van der Waals surface area contributed by atoms with Crippen LogP contribution < -0.4 is 0 Å². The van der Waals surface area contributed by atoms with E-state index in [9.17, 15) is 43.2 Å². The third-order valence-corrected chi connectivity index (χ3v) is 20.4. The Morgan fingerprint density at radius 2 is 0.469 bits per heavy atom. The Bertz CT molecular complexity index is 1890. The molecule has 0 saturated carbocycles. The third-order valence-electron chi connectivity index (χ3n) is 18.5. The number of phosphoric ester groups is 2. The van der Waals surface area contributed by atoms with Crippen LogP contribution in [-0.2, 0) is 65.4 Å². The maximum atomic E-state index is 13.1. The van der Waals surface area contributed by atoms with E-state index in [1.807, 2.05) is 0 Å². The summed E-state index contributed by atoms with van der Waals surface area (Å²) in [5.41, 5.74) is 0. The van der Waals surface area contributed by atoms with Gasteiger partial charge in [-0.1, -0.05) is 363 Å². The van der Waals surface area contributed by atoms with Gasteiger partial charge < -0.3 is 33.8 Å². The predicted octanol–water partition coefficient (Wildman–Crippen LogP) is 23.5. The lowest BCUT2D eigenvalue weighted by molar-refractivity contribution is -0.161. The van der Waals surface area contributed by atoms with Crippen LogP contribution in [0.3, 0.4) is 0 Å². The van der Waals surface area contributed by atoms with Crippen molar-refractivity contribution in [1.82, 2.24) is 0 Å². The second kappa shape index (κ2) is 70.7. The van der Waals surface area contributed by atoms with E-state index in [1.165, 1.54) is 231 Å². The molecule has 0 heterocycles. The molecular formula is C79H154O17P2. The number of ether oxygens (including phenoxy) is 4. The second-order valence-corrected chi connectivity index (χ2v) is 32.3. The van der Waals surface area contributed by atoms with Crippen molar-refractivity contribution in [2.24, 2.45) is 11.8 Å². The number of aliphatic hydroxyl groups is 1. The van der Waals surface area contributed by atoms with Gasteiger partial charge in [0.1, 0.15) is 19.3 Å². The van der Waals surface area contributed by atoms with E-state index in [4.69, 9.17) is 37.0 Å². The van der Waals surface area contributed by atoms with Crippen LogP contribution in [0, 0.1) is 11.8 Å². The van der Waals surface area contributed by atoms with E-state index in [1.54, 1.807) is 0 Å². The fraction of sp³-hybridized carbons (Fsp3) is 0.949. The molecule has 0 spiro atoms. The summed E-state index contributed by atoms with van der Waals surface area (Å²) in [5.74, 6) is -0.629. The van der Waals surface area contributed by atoms with Gasteiger partial charge in [-0.05, 0) is 37.5 Å². The number of rotatable bonds is 78. The molecule has 3 N–H and O–H groups in total. The van der Waals surface area contributed by atoms with Gasteiger partial charge in [-0.2, -0.15) is 0 Å². The van der Waals surface area contributed by atoms with Gasteiger partial charge in [-0.3, -0.25) is 37.3 Å². The molecule has 0 saturated heterocycles. The number of carbonyl (C=O) groups excluding carboxylic acids is 4. The number of esters is 4. The zero-order valence-electron chi connectivity index (χ0n) is 64.1. The highest BCUT2D eigenvalue weighted by atomic mass is 31.2. The topological polar surface area (TPSA) is 237 Å². The van der Waals surface area contributed by atoms with E-state index in [-0.39, 0.29) is 25.7 Å². The van der Waals surface area contributed by atoms with E-state index >= 15 is 0 Å². The molecule has 0 fully saturated rings. The lowest BCUT2D eigenvalue weighted by Crippen LogP contribution is -2.30. The molecule has 0 aliphatic heterocycles. The molecule has 2 unspecified atom stereocenters. The first-order valence-electron chi connectivity index (χ1n) is 41.0. The summed E-state index contributed by atoms with van der Waals surface area (Å²) < 4.78 is 68.5. The van der Waals surface area contributed by atoms with Crippen molar-refractivity contribution >= 4 is 39.5 Å². The van der Waals surface area contributed by atoms with Crippen LogP contribution in [-0.4, -0.2) is 96.7 Å². The van der Waals surface area contributed by atoms with Gasteiger partial charge in [-0.15, -0.1) is 0 Å². The SMILES string of the molecule is CCCCCCCCCCCCCCCCCCCCCC(=O)OC[C@H](COP(=O)(O)OC[C@@H](O)COP(=O)(O)OC[C@@H](COC(=O)CCCCCCCCCCC)OC(=O)CCCCCCCCC(C)C)OC(=O)CCCCCCCCCCCCCCCCCCCCC(C)C. The van der Waals surface area contributed by atoms with Crippen molar-refractivity contribution in [2.45, 2.75) is 432 Å². The van der Waals surface area contributed by atoms with E-state index in [0.29, 0.717) is 31.6 Å². The van der Waals surface area contributed by atoms with E-state index in [0.717, 1.165) is 95.8 Å². The Balaban J connectivity index is 5.16. The molecule has 17 nitrogen and oxygen atoms in total. The Morgan fingerprint density at radius 1 is 0.276 bits per heavy atom. The van der Waals surface area contributed by atoms with Crippen LogP contribution in [0.5, 0.6) is 0 Å². The zero-order valence-corrected chi connectivity index (χ0v) is 65.9. The highest BCUT2D eigenvalue weighted by Crippen LogP contribution is 2.45. The third kappa shape index (κ3) is 72.4. The summed E-state index contributed by atoms with van der Waals surface area (Å²) in [5, 5.41) is 10.6. The number of hydrogen-bond acceptors (Lipinski definition) is 15. The van der Waals surface area contributed by atoms with Crippen molar-refractivity contribution in [3.8, 4) is 0 Å². The predicted molar refractivity (Wildman–Crippen MR) is 400 cm³/mol. The van der Waals surface area contributed by atoms with Crippen molar-refractivity contribution < 1.29 is 80.2 Å². The van der Waals surface area contributed by atoms with Crippen LogP contribution in [0.1, 0.15) is 414 Å². The minimum atomic E-state index is -4.96. The molecule has 0 aromatic carbocycles. The number of unbranched alkanes of at least 4 members (excludes halogenated alkanes) is 48. The van der Waals surface area contributed by atoms with Gasteiger partial charge in [0.2, 0.25) is 0 Å². The maximum Gasteiger partial charge on any atom is 0.472 e. The van der Waals surface area contributed by atoms with Gasteiger partial charge in [0, 0.05) is 25.7 Å². The van der Waals surface area contributed by atoms with Crippen molar-refractivity contribution in [1.29, 1.82) is 0 Å². The van der Waals surface area contributed by atoms with Crippen molar-refractivity contribution in [3.63, 3.8) is 0 Å². The minimum Gasteiger partial charge on any atom is -0.462 e. The zero-order chi connectivity index (χ0) is 72.1. The number of carbonyl (C=O) groups is 4. The monoisotopic (exact) mass is 1440 g/mol. The number of hydrogen-bond donors (Lipinski definition) is 3. The fourth-order valence-corrected chi connectivity index (χ4v) is 13.8. The first-order chi connectivity index (χ1) is 47.4. The quantitative estimate of drug-likeness (QED) is 0.0222.